The Labute approximate surface area is 115 Å². The summed E-state index contributed by atoms with van der Waals surface area (Å²) < 4.78 is 43.9. The molecule has 1 aliphatic rings. The van der Waals surface area contributed by atoms with Crippen LogP contribution in [0.15, 0.2) is 12.1 Å². The molecule has 0 spiro atoms. The van der Waals surface area contributed by atoms with E-state index in [9.17, 15) is 13.2 Å². The number of alkyl halides is 3. The number of hydrogen-bond donors (Lipinski definition) is 1. The van der Waals surface area contributed by atoms with Crippen LogP contribution in [0, 0.1) is 0 Å². The van der Waals surface area contributed by atoms with E-state index in [1.165, 1.54) is 6.07 Å². The molecule has 1 fully saturated rings. The Morgan fingerprint density at radius 1 is 1.45 bits per heavy atom. The predicted molar refractivity (Wildman–Crippen MR) is 69.4 cm³/mol. The van der Waals surface area contributed by atoms with E-state index in [0.29, 0.717) is 31.1 Å². The topological polar surface area (TPSA) is 51.4 Å². The van der Waals surface area contributed by atoms with E-state index in [1.54, 1.807) is 0 Å². The second-order valence-electron chi connectivity index (χ2n) is 4.73. The van der Waals surface area contributed by atoms with E-state index < -0.39 is 11.9 Å². The van der Waals surface area contributed by atoms with Gasteiger partial charge in [-0.15, -0.1) is 0 Å². The minimum atomic E-state index is -4.45. The first-order chi connectivity index (χ1) is 9.45. The lowest BCUT2D eigenvalue weighted by molar-refractivity contribution is -0.141. The third kappa shape index (κ3) is 3.21. The third-order valence-corrected chi connectivity index (χ3v) is 3.36. The average Bonchev–Trinajstić information content (AvgIpc) is 2.45. The molecule has 1 aliphatic heterocycles. The van der Waals surface area contributed by atoms with Gasteiger partial charge in [-0.25, -0.2) is 4.98 Å². The molecule has 7 heteroatoms. The van der Waals surface area contributed by atoms with Gasteiger partial charge in [0.1, 0.15) is 11.5 Å². The monoisotopic (exact) mass is 289 g/mol. The van der Waals surface area contributed by atoms with Crippen molar-refractivity contribution in [2.75, 3.05) is 24.6 Å². The van der Waals surface area contributed by atoms with Crippen LogP contribution in [0.4, 0.5) is 19.0 Å². The smallest absolute Gasteiger partial charge is 0.375 e. The van der Waals surface area contributed by atoms with Crippen molar-refractivity contribution in [2.45, 2.75) is 32.2 Å². The fourth-order valence-electron chi connectivity index (χ4n) is 2.23. The molecule has 0 aromatic carbocycles. The van der Waals surface area contributed by atoms with Crippen LogP contribution in [0.5, 0.6) is 0 Å². The maximum Gasteiger partial charge on any atom is 0.433 e. The Bertz CT molecular complexity index is 465. The summed E-state index contributed by atoms with van der Waals surface area (Å²) >= 11 is 0. The molecular formula is C13H18F3N3O. The number of morpholine rings is 1. The lowest BCUT2D eigenvalue weighted by Crippen LogP contribution is -2.43. The number of pyridine rings is 1. The fourth-order valence-corrected chi connectivity index (χ4v) is 2.23. The van der Waals surface area contributed by atoms with Gasteiger partial charge in [-0.1, -0.05) is 13.0 Å². The molecule has 4 nitrogen and oxygen atoms in total. The Hall–Kier alpha value is -1.34. The highest BCUT2D eigenvalue weighted by Crippen LogP contribution is 2.31. The predicted octanol–water partition coefficient (Wildman–Crippen LogP) is 2.17. The second kappa shape index (κ2) is 5.97. The molecule has 2 heterocycles. The van der Waals surface area contributed by atoms with E-state index >= 15 is 0 Å². The average molecular weight is 289 g/mol. The maximum atomic E-state index is 12.8. The third-order valence-electron chi connectivity index (χ3n) is 3.36. The molecule has 0 amide bonds. The minimum Gasteiger partial charge on any atom is -0.375 e. The molecule has 1 aromatic rings. The van der Waals surface area contributed by atoms with Gasteiger partial charge < -0.3 is 15.4 Å². The second-order valence-corrected chi connectivity index (χ2v) is 4.73. The summed E-state index contributed by atoms with van der Waals surface area (Å²) in [6, 6.07) is 2.38. The van der Waals surface area contributed by atoms with E-state index in [1.807, 2.05) is 11.8 Å². The van der Waals surface area contributed by atoms with Gasteiger partial charge in [0.25, 0.3) is 0 Å². The van der Waals surface area contributed by atoms with Crippen LogP contribution in [0.3, 0.4) is 0 Å². The summed E-state index contributed by atoms with van der Waals surface area (Å²) in [6.45, 7) is 3.70. The number of ether oxygens (including phenoxy) is 1. The first-order valence-electron chi connectivity index (χ1n) is 6.59. The summed E-state index contributed by atoms with van der Waals surface area (Å²) in [7, 11) is 0. The number of hydrogen-bond acceptors (Lipinski definition) is 4. The van der Waals surface area contributed by atoms with E-state index in [4.69, 9.17) is 10.5 Å². The van der Waals surface area contributed by atoms with Crippen molar-refractivity contribution in [1.29, 1.82) is 0 Å². The zero-order valence-corrected chi connectivity index (χ0v) is 11.3. The van der Waals surface area contributed by atoms with Crippen LogP contribution in [-0.4, -0.2) is 30.8 Å². The molecule has 1 aromatic heterocycles. The number of nitrogens with two attached hydrogens (primary N) is 1. The van der Waals surface area contributed by atoms with Crippen molar-refractivity contribution in [3.63, 3.8) is 0 Å². The van der Waals surface area contributed by atoms with Crippen LogP contribution in [-0.2, 0) is 17.5 Å². The molecule has 1 atom stereocenters. The molecule has 2 N–H and O–H groups in total. The molecule has 0 saturated carbocycles. The van der Waals surface area contributed by atoms with Crippen LogP contribution in [0.1, 0.15) is 24.6 Å². The van der Waals surface area contributed by atoms with Crippen molar-refractivity contribution < 1.29 is 17.9 Å². The first-order valence-corrected chi connectivity index (χ1v) is 6.59. The molecular weight excluding hydrogens is 271 g/mol. The number of nitrogens with zero attached hydrogens (tertiary/aromatic N) is 2. The standard InChI is InChI=1S/C13H18F3N3O/c1-2-10-8-19(5-6-20-10)12-9(7-17)3-4-11(18-12)13(14,15)16/h3-4,10H,2,5-8,17H2,1H3. The van der Waals surface area contributed by atoms with Gasteiger partial charge in [-0.05, 0) is 12.5 Å². The number of aromatic nitrogens is 1. The summed E-state index contributed by atoms with van der Waals surface area (Å²) in [5.74, 6) is 0.323. The van der Waals surface area contributed by atoms with Gasteiger partial charge in [0, 0.05) is 25.2 Å². The maximum absolute atomic E-state index is 12.8. The highest BCUT2D eigenvalue weighted by Gasteiger charge is 2.34. The van der Waals surface area contributed by atoms with Crippen molar-refractivity contribution >= 4 is 5.82 Å². The van der Waals surface area contributed by atoms with Crippen molar-refractivity contribution in [1.82, 2.24) is 4.98 Å². The minimum absolute atomic E-state index is 0.0192. The number of anilines is 1. The lowest BCUT2D eigenvalue weighted by Gasteiger charge is -2.34. The van der Waals surface area contributed by atoms with Crippen molar-refractivity contribution in [3.05, 3.63) is 23.4 Å². The normalized spacial score (nSPS) is 20.2. The molecule has 2 rings (SSSR count). The summed E-state index contributed by atoms with van der Waals surface area (Å²) in [5, 5.41) is 0. The van der Waals surface area contributed by atoms with E-state index in [-0.39, 0.29) is 12.6 Å². The van der Waals surface area contributed by atoms with Gasteiger partial charge in [0.15, 0.2) is 0 Å². The summed E-state index contributed by atoms with van der Waals surface area (Å²) in [6.07, 6.45) is -3.61. The first kappa shape index (κ1) is 15.1. The summed E-state index contributed by atoms with van der Waals surface area (Å²) in [5.41, 5.74) is 5.34. The zero-order valence-electron chi connectivity index (χ0n) is 11.3. The van der Waals surface area contributed by atoms with Gasteiger partial charge in [0.2, 0.25) is 0 Å². The quantitative estimate of drug-likeness (QED) is 0.926. The van der Waals surface area contributed by atoms with E-state index in [2.05, 4.69) is 4.98 Å². The van der Waals surface area contributed by atoms with E-state index in [0.717, 1.165) is 12.5 Å². The Morgan fingerprint density at radius 2 is 2.20 bits per heavy atom. The van der Waals surface area contributed by atoms with Crippen molar-refractivity contribution in [2.24, 2.45) is 5.73 Å². The number of halogens is 3. The largest absolute Gasteiger partial charge is 0.433 e. The van der Waals surface area contributed by atoms with Crippen LogP contribution in [0.25, 0.3) is 0 Å². The molecule has 20 heavy (non-hydrogen) atoms. The van der Waals surface area contributed by atoms with Gasteiger partial charge in [-0.2, -0.15) is 13.2 Å². The Morgan fingerprint density at radius 3 is 2.80 bits per heavy atom. The van der Waals surface area contributed by atoms with Crippen LogP contribution >= 0.6 is 0 Å². The van der Waals surface area contributed by atoms with Gasteiger partial charge >= 0.3 is 6.18 Å². The Kier molecular flexibility index (Phi) is 4.49. The highest BCUT2D eigenvalue weighted by atomic mass is 19.4. The molecule has 112 valence electrons. The fraction of sp³-hybridized carbons (Fsp3) is 0.615. The molecule has 0 radical (unpaired) electrons. The molecule has 1 saturated heterocycles. The summed E-state index contributed by atoms with van der Waals surface area (Å²) in [4.78, 5) is 5.60. The molecule has 1 unspecified atom stereocenters. The van der Waals surface area contributed by atoms with Crippen LogP contribution in [0.2, 0.25) is 0 Å². The SMILES string of the molecule is CCC1CN(c2nc(C(F)(F)F)ccc2CN)CCO1. The molecule has 0 bridgehead atoms. The Balaban J connectivity index is 2.32. The van der Waals surface area contributed by atoms with Gasteiger partial charge in [0.05, 0.1) is 12.7 Å². The van der Waals surface area contributed by atoms with Gasteiger partial charge in [-0.3, -0.25) is 0 Å². The zero-order chi connectivity index (χ0) is 14.8. The lowest BCUT2D eigenvalue weighted by atomic mass is 10.1. The van der Waals surface area contributed by atoms with Crippen LogP contribution < -0.4 is 10.6 Å². The number of rotatable bonds is 3. The highest BCUT2D eigenvalue weighted by molar-refractivity contribution is 5.48. The van der Waals surface area contributed by atoms with Crippen molar-refractivity contribution in [3.8, 4) is 0 Å². The molecule has 0 aliphatic carbocycles.